The average Bonchev–Trinajstić information content (AvgIpc) is 2.64. The molecule has 1 amide bonds. The Bertz CT molecular complexity index is 715. The maximum atomic E-state index is 11.4. The van der Waals surface area contributed by atoms with Crippen LogP contribution in [0.15, 0.2) is 48.5 Å². The fourth-order valence-electron chi connectivity index (χ4n) is 3.10. The summed E-state index contributed by atoms with van der Waals surface area (Å²) in [5.41, 5.74) is 3.23. The van der Waals surface area contributed by atoms with Crippen molar-refractivity contribution in [1.82, 2.24) is 5.32 Å². The number of amides is 1. The average molecular weight is 354 g/mol. The van der Waals surface area contributed by atoms with Gasteiger partial charge in [0, 0.05) is 24.7 Å². The summed E-state index contributed by atoms with van der Waals surface area (Å²) in [6, 6.07) is 16.7. The van der Waals surface area contributed by atoms with Gasteiger partial charge < -0.3 is 15.4 Å². The van der Waals surface area contributed by atoms with Gasteiger partial charge in [-0.1, -0.05) is 44.0 Å². The van der Waals surface area contributed by atoms with E-state index < -0.39 is 0 Å². The molecule has 2 atom stereocenters. The first-order valence-electron chi connectivity index (χ1n) is 9.31. The summed E-state index contributed by atoms with van der Waals surface area (Å²) < 4.78 is 5.34. The summed E-state index contributed by atoms with van der Waals surface area (Å²) in [6.07, 6.45) is 3.35. The second-order valence-corrected chi connectivity index (χ2v) is 6.67. The van der Waals surface area contributed by atoms with E-state index in [1.165, 1.54) is 18.1 Å². The molecule has 26 heavy (non-hydrogen) atoms. The van der Waals surface area contributed by atoms with Gasteiger partial charge in [0.25, 0.3) is 0 Å². The predicted octanol–water partition coefficient (Wildman–Crippen LogP) is 5.24. The molecule has 2 unspecified atom stereocenters. The minimum atomic E-state index is -0.0510. The summed E-state index contributed by atoms with van der Waals surface area (Å²) in [7, 11) is 1.69. The number of hydrogen-bond donors (Lipinski definition) is 2. The molecule has 0 radical (unpaired) electrons. The molecule has 4 heteroatoms. The highest BCUT2D eigenvalue weighted by molar-refractivity contribution is 5.88. The van der Waals surface area contributed by atoms with Crippen LogP contribution in [0.25, 0.3) is 0 Å². The Kier molecular flexibility index (Phi) is 7.67. The minimum absolute atomic E-state index is 0.0510. The number of anilines is 1. The number of nitrogens with one attached hydrogen (secondary N) is 2. The normalized spacial score (nSPS) is 13.1. The third kappa shape index (κ3) is 5.88. The smallest absolute Gasteiger partial charge is 0.221 e. The quantitative estimate of drug-likeness (QED) is 0.648. The predicted molar refractivity (Wildman–Crippen MR) is 108 cm³/mol. The van der Waals surface area contributed by atoms with E-state index in [-0.39, 0.29) is 18.0 Å². The molecule has 2 aromatic rings. The zero-order valence-corrected chi connectivity index (χ0v) is 16.2. The fraction of sp³-hybridized carbons (Fsp3) is 0.409. The van der Waals surface area contributed by atoms with Crippen LogP contribution in [0.2, 0.25) is 0 Å². The van der Waals surface area contributed by atoms with Crippen molar-refractivity contribution >= 4 is 11.6 Å². The molecular weight excluding hydrogens is 324 g/mol. The van der Waals surface area contributed by atoms with Gasteiger partial charge in [0.15, 0.2) is 0 Å². The van der Waals surface area contributed by atoms with Crippen LogP contribution in [0.4, 0.5) is 5.69 Å². The Morgan fingerprint density at radius 3 is 2.54 bits per heavy atom. The summed E-state index contributed by atoms with van der Waals surface area (Å²) in [5, 5.41) is 6.62. The van der Waals surface area contributed by atoms with Crippen molar-refractivity contribution in [1.29, 1.82) is 0 Å². The van der Waals surface area contributed by atoms with E-state index in [0.717, 1.165) is 30.7 Å². The molecule has 0 saturated heterocycles. The van der Waals surface area contributed by atoms with Gasteiger partial charge in [-0.05, 0) is 48.7 Å². The van der Waals surface area contributed by atoms with Crippen molar-refractivity contribution in [3.8, 4) is 5.75 Å². The summed E-state index contributed by atoms with van der Waals surface area (Å²) in [4.78, 5) is 11.4. The lowest BCUT2D eigenvalue weighted by Crippen LogP contribution is -2.25. The van der Waals surface area contributed by atoms with Gasteiger partial charge in [-0.25, -0.2) is 0 Å². The lowest BCUT2D eigenvalue weighted by molar-refractivity contribution is -0.114. The highest BCUT2D eigenvalue weighted by Gasteiger charge is 2.16. The second kappa shape index (κ2) is 9.97. The molecule has 4 nitrogen and oxygen atoms in total. The molecular formula is C22H30N2O2. The van der Waals surface area contributed by atoms with Gasteiger partial charge in [-0.2, -0.15) is 0 Å². The first-order chi connectivity index (χ1) is 12.5. The van der Waals surface area contributed by atoms with Crippen LogP contribution in [-0.2, 0) is 4.79 Å². The summed E-state index contributed by atoms with van der Waals surface area (Å²) >= 11 is 0. The maximum absolute atomic E-state index is 11.4. The molecule has 0 heterocycles. The van der Waals surface area contributed by atoms with Gasteiger partial charge in [0.1, 0.15) is 5.75 Å². The molecule has 0 bridgehead atoms. The van der Waals surface area contributed by atoms with Crippen molar-refractivity contribution in [2.24, 2.45) is 0 Å². The Labute approximate surface area is 157 Å². The SMILES string of the molecule is CCCCC(NC(C)c1cccc(OC)c1)c1cccc(NC(C)=O)c1. The lowest BCUT2D eigenvalue weighted by Gasteiger charge is -2.25. The van der Waals surface area contributed by atoms with Crippen molar-refractivity contribution in [3.05, 3.63) is 59.7 Å². The number of methoxy groups -OCH3 is 1. The van der Waals surface area contributed by atoms with E-state index >= 15 is 0 Å². The molecule has 2 aromatic carbocycles. The highest BCUT2D eigenvalue weighted by atomic mass is 16.5. The molecule has 140 valence electrons. The number of ether oxygens (including phenoxy) is 1. The monoisotopic (exact) mass is 354 g/mol. The van der Waals surface area contributed by atoms with Crippen LogP contribution in [0, 0.1) is 0 Å². The standard InChI is InChI=1S/C22H30N2O2/c1-5-6-13-22(19-10-7-11-20(14-19)24-17(3)25)23-16(2)18-9-8-12-21(15-18)26-4/h7-12,14-16,22-23H,5-6,13H2,1-4H3,(H,24,25). The number of carbonyl (C=O) groups is 1. The first-order valence-corrected chi connectivity index (χ1v) is 9.31. The molecule has 0 aliphatic heterocycles. The number of hydrogen-bond acceptors (Lipinski definition) is 3. The molecule has 0 fully saturated rings. The Morgan fingerprint density at radius 2 is 1.85 bits per heavy atom. The second-order valence-electron chi connectivity index (χ2n) is 6.67. The van der Waals surface area contributed by atoms with Crippen molar-refractivity contribution in [2.75, 3.05) is 12.4 Å². The number of rotatable bonds is 9. The Balaban J connectivity index is 2.19. The van der Waals surface area contributed by atoms with Gasteiger partial charge >= 0.3 is 0 Å². The third-order valence-corrected chi connectivity index (χ3v) is 4.50. The molecule has 0 spiro atoms. The molecule has 0 aliphatic rings. The molecule has 2 rings (SSSR count). The third-order valence-electron chi connectivity index (χ3n) is 4.50. The molecule has 0 aromatic heterocycles. The van der Waals surface area contributed by atoms with E-state index in [1.54, 1.807) is 7.11 Å². The highest BCUT2D eigenvalue weighted by Crippen LogP contribution is 2.27. The van der Waals surface area contributed by atoms with Gasteiger partial charge in [-0.15, -0.1) is 0 Å². The van der Waals surface area contributed by atoms with Crippen molar-refractivity contribution < 1.29 is 9.53 Å². The molecule has 0 saturated carbocycles. The van der Waals surface area contributed by atoms with E-state index in [2.05, 4.69) is 48.7 Å². The lowest BCUT2D eigenvalue weighted by atomic mass is 9.98. The number of benzene rings is 2. The Hall–Kier alpha value is -2.33. The first kappa shape index (κ1) is 20.0. The molecule has 0 aliphatic carbocycles. The largest absolute Gasteiger partial charge is 0.497 e. The number of unbranched alkanes of at least 4 members (excludes halogenated alkanes) is 1. The minimum Gasteiger partial charge on any atom is -0.497 e. The van der Waals surface area contributed by atoms with Crippen LogP contribution in [0.1, 0.15) is 63.2 Å². The van der Waals surface area contributed by atoms with Gasteiger partial charge in [0.05, 0.1) is 7.11 Å². The van der Waals surface area contributed by atoms with Crippen LogP contribution >= 0.6 is 0 Å². The Morgan fingerprint density at radius 1 is 1.12 bits per heavy atom. The van der Waals surface area contributed by atoms with E-state index in [4.69, 9.17) is 4.74 Å². The van der Waals surface area contributed by atoms with E-state index in [0.29, 0.717) is 0 Å². The van der Waals surface area contributed by atoms with Crippen molar-refractivity contribution in [3.63, 3.8) is 0 Å². The zero-order chi connectivity index (χ0) is 18.9. The van der Waals surface area contributed by atoms with Crippen LogP contribution in [-0.4, -0.2) is 13.0 Å². The maximum Gasteiger partial charge on any atom is 0.221 e. The molecule has 2 N–H and O–H groups in total. The van der Waals surface area contributed by atoms with Gasteiger partial charge in [0.2, 0.25) is 5.91 Å². The van der Waals surface area contributed by atoms with Crippen LogP contribution < -0.4 is 15.4 Å². The van der Waals surface area contributed by atoms with Crippen LogP contribution in [0.3, 0.4) is 0 Å². The van der Waals surface area contributed by atoms with E-state index in [1.807, 2.05) is 24.3 Å². The number of carbonyl (C=O) groups excluding carboxylic acids is 1. The summed E-state index contributed by atoms with van der Waals surface area (Å²) in [6.45, 7) is 5.91. The zero-order valence-electron chi connectivity index (χ0n) is 16.2. The summed E-state index contributed by atoms with van der Waals surface area (Å²) in [5.74, 6) is 0.818. The van der Waals surface area contributed by atoms with E-state index in [9.17, 15) is 4.79 Å². The topological polar surface area (TPSA) is 50.4 Å². The fourth-order valence-corrected chi connectivity index (χ4v) is 3.10. The van der Waals surface area contributed by atoms with Crippen molar-refractivity contribution in [2.45, 2.75) is 52.1 Å². The van der Waals surface area contributed by atoms with Crippen LogP contribution in [0.5, 0.6) is 5.75 Å². The van der Waals surface area contributed by atoms with Gasteiger partial charge in [-0.3, -0.25) is 4.79 Å².